The highest BCUT2D eigenvalue weighted by atomic mass is 15.3. The second-order valence-corrected chi connectivity index (χ2v) is 6.62. The Hall–Kier alpha value is -0.0400. The Morgan fingerprint density at radius 3 is 1.79 bits per heavy atom. The van der Waals surface area contributed by atoms with Gasteiger partial charge in [-0.2, -0.15) is 0 Å². The molecular formula is C13H23N. The van der Waals surface area contributed by atoms with Crippen LogP contribution in [-0.4, -0.2) is 22.5 Å². The quantitative estimate of drug-likeness (QED) is 0.571. The van der Waals surface area contributed by atoms with Crippen molar-refractivity contribution in [3.63, 3.8) is 0 Å². The predicted molar refractivity (Wildman–Crippen MR) is 59.2 cm³/mol. The summed E-state index contributed by atoms with van der Waals surface area (Å²) in [6.45, 7) is 7.22. The normalized spacial score (nSPS) is 47.4. The van der Waals surface area contributed by atoms with Crippen LogP contribution in [0.25, 0.3) is 0 Å². The molecule has 2 saturated heterocycles. The third-order valence-corrected chi connectivity index (χ3v) is 4.85. The van der Waals surface area contributed by atoms with Crippen molar-refractivity contribution < 1.29 is 0 Å². The molecule has 1 aliphatic carbocycles. The van der Waals surface area contributed by atoms with E-state index in [2.05, 4.69) is 25.7 Å². The standard InChI is InChI=1S/C13H23N/c1-13(2,3)14-11-6-7-12(14)10-5-4-9(11)8-10/h9-12H,4-8H2,1-3H3. The minimum absolute atomic E-state index is 0.410. The maximum Gasteiger partial charge on any atom is 0.0132 e. The third-order valence-electron chi connectivity index (χ3n) is 4.85. The minimum atomic E-state index is 0.410. The molecule has 14 heavy (non-hydrogen) atoms. The minimum Gasteiger partial charge on any atom is -0.292 e. The first-order chi connectivity index (χ1) is 6.57. The van der Waals surface area contributed by atoms with Crippen LogP contribution in [0.1, 0.15) is 52.9 Å². The lowest BCUT2D eigenvalue weighted by molar-refractivity contribution is 0.00582. The number of rotatable bonds is 0. The van der Waals surface area contributed by atoms with Crippen LogP contribution in [0.2, 0.25) is 0 Å². The molecule has 1 heteroatoms. The zero-order valence-corrected chi connectivity index (χ0v) is 9.79. The molecule has 80 valence electrons. The molecule has 2 aliphatic heterocycles. The van der Waals surface area contributed by atoms with Crippen molar-refractivity contribution in [1.82, 2.24) is 4.90 Å². The maximum absolute atomic E-state index is 2.87. The van der Waals surface area contributed by atoms with E-state index >= 15 is 0 Å². The van der Waals surface area contributed by atoms with E-state index in [1.165, 1.54) is 25.7 Å². The van der Waals surface area contributed by atoms with Gasteiger partial charge in [0.1, 0.15) is 0 Å². The van der Waals surface area contributed by atoms with E-state index in [1.54, 1.807) is 6.42 Å². The van der Waals surface area contributed by atoms with Crippen molar-refractivity contribution in [2.24, 2.45) is 11.8 Å². The molecule has 1 nitrogen and oxygen atoms in total. The van der Waals surface area contributed by atoms with Gasteiger partial charge in [-0.1, -0.05) is 0 Å². The molecule has 3 rings (SSSR count). The molecule has 0 radical (unpaired) electrons. The first-order valence-corrected chi connectivity index (χ1v) is 6.36. The molecule has 1 saturated carbocycles. The SMILES string of the molecule is CC(C)(C)N1C2CCC1C1CCC2C1. The summed E-state index contributed by atoms with van der Waals surface area (Å²) in [4.78, 5) is 2.87. The largest absolute Gasteiger partial charge is 0.292 e. The van der Waals surface area contributed by atoms with E-state index in [0.29, 0.717) is 5.54 Å². The number of hydrogen-bond acceptors (Lipinski definition) is 1. The highest BCUT2D eigenvalue weighted by Gasteiger charge is 2.53. The van der Waals surface area contributed by atoms with Gasteiger partial charge in [-0.25, -0.2) is 0 Å². The van der Waals surface area contributed by atoms with E-state index in [0.717, 1.165) is 23.9 Å². The van der Waals surface area contributed by atoms with Crippen molar-refractivity contribution >= 4 is 0 Å². The summed E-state index contributed by atoms with van der Waals surface area (Å²) in [6.07, 6.45) is 7.59. The maximum atomic E-state index is 2.87. The van der Waals surface area contributed by atoms with Crippen molar-refractivity contribution in [3.05, 3.63) is 0 Å². The Labute approximate surface area is 87.9 Å². The fourth-order valence-electron chi connectivity index (χ4n) is 4.54. The number of hydrogen-bond donors (Lipinski definition) is 0. The Morgan fingerprint density at radius 2 is 1.36 bits per heavy atom. The second-order valence-electron chi connectivity index (χ2n) is 6.62. The average Bonchev–Trinajstić information content (AvgIpc) is 2.55. The van der Waals surface area contributed by atoms with Crippen LogP contribution in [0.3, 0.4) is 0 Å². The van der Waals surface area contributed by atoms with E-state index in [1.807, 2.05) is 0 Å². The van der Waals surface area contributed by atoms with Gasteiger partial charge in [-0.05, 0) is 64.7 Å². The van der Waals surface area contributed by atoms with Crippen molar-refractivity contribution in [2.45, 2.75) is 70.5 Å². The predicted octanol–water partition coefficient (Wildman–Crippen LogP) is 3.05. The molecule has 2 heterocycles. The number of nitrogens with zero attached hydrogens (tertiary/aromatic N) is 1. The van der Waals surface area contributed by atoms with Gasteiger partial charge in [0.2, 0.25) is 0 Å². The molecule has 0 aromatic rings. The zero-order chi connectivity index (χ0) is 9.92. The molecule has 3 aliphatic rings. The average molecular weight is 193 g/mol. The molecule has 0 aromatic carbocycles. The van der Waals surface area contributed by atoms with Crippen molar-refractivity contribution in [1.29, 1.82) is 0 Å². The summed E-state index contributed by atoms with van der Waals surface area (Å²) in [7, 11) is 0. The summed E-state index contributed by atoms with van der Waals surface area (Å²) in [5.74, 6) is 2.11. The van der Waals surface area contributed by atoms with Crippen molar-refractivity contribution in [2.75, 3.05) is 0 Å². The summed E-state index contributed by atoms with van der Waals surface area (Å²) >= 11 is 0. The number of piperidine rings is 1. The molecule has 0 N–H and O–H groups in total. The molecule has 4 atom stereocenters. The van der Waals surface area contributed by atoms with Crippen LogP contribution in [0.4, 0.5) is 0 Å². The van der Waals surface area contributed by atoms with Crippen LogP contribution < -0.4 is 0 Å². The van der Waals surface area contributed by atoms with Gasteiger partial charge in [0, 0.05) is 17.6 Å². The Bertz CT molecular complexity index is 222. The van der Waals surface area contributed by atoms with Gasteiger partial charge in [0.15, 0.2) is 0 Å². The first kappa shape index (κ1) is 9.21. The lowest BCUT2D eigenvalue weighted by atomic mass is 9.87. The Kier molecular flexibility index (Phi) is 1.81. The van der Waals surface area contributed by atoms with E-state index < -0.39 is 0 Å². The summed E-state index contributed by atoms with van der Waals surface area (Å²) in [5, 5.41) is 0. The Balaban J connectivity index is 1.94. The van der Waals surface area contributed by atoms with Crippen LogP contribution >= 0.6 is 0 Å². The molecule has 4 bridgehead atoms. The fourth-order valence-corrected chi connectivity index (χ4v) is 4.54. The molecule has 0 amide bonds. The van der Waals surface area contributed by atoms with Crippen LogP contribution in [0, 0.1) is 11.8 Å². The van der Waals surface area contributed by atoms with Gasteiger partial charge < -0.3 is 0 Å². The smallest absolute Gasteiger partial charge is 0.0132 e. The lowest BCUT2D eigenvalue weighted by Gasteiger charge is -2.47. The first-order valence-electron chi connectivity index (χ1n) is 6.36. The topological polar surface area (TPSA) is 3.24 Å². The third kappa shape index (κ3) is 1.11. The molecule has 3 fully saturated rings. The van der Waals surface area contributed by atoms with Gasteiger partial charge in [0.25, 0.3) is 0 Å². The Morgan fingerprint density at radius 1 is 0.857 bits per heavy atom. The summed E-state index contributed by atoms with van der Waals surface area (Å²) < 4.78 is 0. The van der Waals surface area contributed by atoms with Crippen LogP contribution in [0.5, 0.6) is 0 Å². The summed E-state index contributed by atoms with van der Waals surface area (Å²) in [6, 6.07) is 1.89. The second kappa shape index (κ2) is 2.75. The van der Waals surface area contributed by atoms with Crippen molar-refractivity contribution in [3.8, 4) is 0 Å². The van der Waals surface area contributed by atoms with Gasteiger partial charge in [-0.3, -0.25) is 4.90 Å². The molecular weight excluding hydrogens is 170 g/mol. The van der Waals surface area contributed by atoms with E-state index in [4.69, 9.17) is 0 Å². The fraction of sp³-hybridized carbons (Fsp3) is 1.00. The van der Waals surface area contributed by atoms with E-state index in [-0.39, 0.29) is 0 Å². The van der Waals surface area contributed by atoms with Gasteiger partial charge in [-0.15, -0.1) is 0 Å². The zero-order valence-electron chi connectivity index (χ0n) is 9.79. The number of fused-ring (bicyclic) bond motifs is 6. The lowest BCUT2D eigenvalue weighted by Crippen LogP contribution is -2.54. The summed E-state index contributed by atoms with van der Waals surface area (Å²) in [5.41, 5.74) is 0.410. The highest BCUT2D eigenvalue weighted by Crippen LogP contribution is 2.52. The molecule has 0 spiro atoms. The van der Waals surface area contributed by atoms with E-state index in [9.17, 15) is 0 Å². The molecule has 4 unspecified atom stereocenters. The monoisotopic (exact) mass is 193 g/mol. The molecule has 0 aromatic heterocycles. The van der Waals surface area contributed by atoms with Crippen LogP contribution in [-0.2, 0) is 0 Å². The van der Waals surface area contributed by atoms with Crippen LogP contribution in [0.15, 0.2) is 0 Å². The van der Waals surface area contributed by atoms with Gasteiger partial charge in [0.05, 0.1) is 0 Å². The van der Waals surface area contributed by atoms with Gasteiger partial charge >= 0.3 is 0 Å². The highest BCUT2D eigenvalue weighted by molar-refractivity contribution is 5.07.